The second kappa shape index (κ2) is 17.0. The van der Waals surface area contributed by atoms with Crippen LogP contribution >= 0.6 is 22.7 Å². The number of thiophene rings is 2. The van der Waals surface area contributed by atoms with Crippen LogP contribution in [0.25, 0.3) is 152 Å². The normalized spacial score (nSPS) is 11.9. The van der Waals surface area contributed by atoms with Crippen molar-refractivity contribution in [2.45, 2.75) is 0 Å². The van der Waals surface area contributed by atoms with Crippen LogP contribution in [0.4, 0.5) is 0 Å². The quantitative estimate of drug-likeness (QED) is 0.160. The summed E-state index contributed by atoms with van der Waals surface area (Å²) in [6.45, 7) is 0. The van der Waals surface area contributed by atoms with Gasteiger partial charge in [-0.25, -0.2) is 15.0 Å². The van der Waals surface area contributed by atoms with Gasteiger partial charge in [0.25, 0.3) is 0 Å². The van der Waals surface area contributed by atoms with Crippen molar-refractivity contribution in [1.82, 2.24) is 24.1 Å². The van der Waals surface area contributed by atoms with Crippen LogP contribution in [0.5, 0.6) is 0 Å². The Morgan fingerprint density at radius 1 is 0.224 bits per heavy atom. The number of rotatable bonds is 7. The van der Waals surface area contributed by atoms with Crippen molar-refractivity contribution < 1.29 is 0 Å². The van der Waals surface area contributed by atoms with Crippen LogP contribution in [0.2, 0.25) is 0 Å². The Bertz CT molecular complexity index is 4700. The Morgan fingerprint density at radius 2 is 0.566 bits per heavy atom. The Labute approximate surface area is 444 Å². The fourth-order valence-electron chi connectivity index (χ4n) is 11.6. The summed E-state index contributed by atoms with van der Waals surface area (Å²) in [5.41, 5.74) is 14.0. The number of nitrogens with zero attached hydrogens (tertiary/aromatic N) is 5. The highest BCUT2D eigenvalue weighted by Gasteiger charge is 2.21. The average Bonchev–Trinajstić information content (AvgIpc) is 4.30. The molecule has 0 bridgehead atoms. The zero-order valence-corrected chi connectivity index (χ0v) is 42.4. The molecule has 0 saturated heterocycles. The molecular formula is C69H41N5S2. The summed E-state index contributed by atoms with van der Waals surface area (Å²) in [4.78, 5) is 15.7. The molecule has 0 aliphatic heterocycles. The highest BCUT2D eigenvalue weighted by molar-refractivity contribution is 7.26. The molecule has 7 heteroatoms. The summed E-state index contributed by atoms with van der Waals surface area (Å²) in [5, 5.41) is 9.94. The first kappa shape index (κ1) is 42.9. The van der Waals surface area contributed by atoms with Gasteiger partial charge in [-0.2, -0.15) is 0 Å². The third kappa shape index (κ3) is 6.87. The Hall–Kier alpha value is -9.53. The van der Waals surface area contributed by atoms with Crippen LogP contribution in [0.3, 0.4) is 0 Å². The van der Waals surface area contributed by atoms with Gasteiger partial charge in [0.15, 0.2) is 17.5 Å². The van der Waals surface area contributed by atoms with Crippen molar-refractivity contribution in [3.8, 4) is 67.8 Å². The average molecular weight is 1000 g/mol. The van der Waals surface area contributed by atoms with Gasteiger partial charge in [-0.05, 0) is 113 Å². The molecule has 16 aromatic rings. The fraction of sp³-hybridized carbons (Fsp3) is 0. The van der Waals surface area contributed by atoms with Gasteiger partial charge in [-0.15, -0.1) is 22.7 Å². The van der Waals surface area contributed by atoms with Crippen molar-refractivity contribution in [2.75, 3.05) is 0 Å². The van der Waals surface area contributed by atoms with E-state index in [-0.39, 0.29) is 0 Å². The van der Waals surface area contributed by atoms with Crippen LogP contribution < -0.4 is 0 Å². The van der Waals surface area contributed by atoms with Crippen molar-refractivity contribution in [3.05, 3.63) is 249 Å². The van der Waals surface area contributed by atoms with E-state index in [1.165, 1.54) is 84.1 Å². The van der Waals surface area contributed by atoms with Gasteiger partial charge in [-0.3, -0.25) is 0 Å². The maximum Gasteiger partial charge on any atom is 0.164 e. The minimum absolute atomic E-state index is 0.592. The number of benzene rings is 11. The number of para-hydroxylation sites is 2. The van der Waals surface area contributed by atoms with Crippen LogP contribution in [0.1, 0.15) is 0 Å². The highest BCUT2D eigenvalue weighted by atomic mass is 32.1. The highest BCUT2D eigenvalue weighted by Crippen LogP contribution is 2.43. The molecule has 0 aliphatic rings. The zero-order valence-electron chi connectivity index (χ0n) is 40.7. The van der Waals surface area contributed by atoms with Crippen molar-refractivity contribution in [3.63, 3.8) is 0 Å². The summed E-state index contributed by atoms with van der Waals surface area (Å²) >= 11 is 3.71. The summed E-state index contributed by atoms with van der Waals surface area (Å²) < 4.78 is 10.1. The number of hydrogen-bond acceptors (Lipinski definition) is 5. The maximum absolute atomic E-state index is 5.32. The lowest BCUT2D eigenvalue weighted by Crippen LogP contribution is -2.03. The predicted octanol–water partition coefficient (Wildman–Crippen LogP) is 19.1. The Balaban J connectivity index is 0.931. The SMILES string of the molecule is c1ccc(-c2nc(-c3ccccc3)nc(-c3cc(-n4c5ccccc5c5cc(-c6ccc7sc8ccccc8c7c6)ccc54)cc(-n4c5ccccc5c5cc(-c6ccc7sc8ccccc8c7c6)ccc54)c3)n2)cc1. The number of fused-ring (bicyclic) bond motifs is 12. The van der Waals surface area contributed by atoms with Crippen LogP contribution in [0, 0.1) is 0 Å². The Morgan fingerprint density at radius 3 is 1.03 bits per heavy atom. The molecule has 0 fully saturated rings. The molecule has 0 saturated carbocycles. The van der Waals surface area contributed by atoms with E-state index in [9.17, 15) is 0 Å². The second-order valence-corrected chi connectivity index (χ2v) is 21.7. The molecule has 0 amide bonds. The van der Waals surface area contributed by atoms with Gasteiger partial charge in [0.2, 0.25) is 0 Å². The van der Waals surface area contributed by atoms with Crippen molar-refractivity contribution >= 4 is 107 Å². The third-order valence-corrected chi connectivity index (χ3v) is 17.4. The Kier molecular flexibility index (Phi) is 9.61. The van der Waals surface area contributed by atoms with Crippen molar-refractivity contribution in [2.24, 2.45) is 0 Å². The predicted molar refractivity (Wildman–Crippen MR) is 321 cm³/mol. The minimum atomic E-state index is 0.592. The standard InChI is InChI=1S/C69H41N5S2/c1-3-15-42(16-4-1)67-70-68(43-17-5-2-6-18-43)72-69(71-67)48-35-49(73-59-23-11-7-19-51(59)55-37-44(27-31-61(55)73)46-29-33-65-57(39-46)53-21-9-13-25-63(53)75-65)41-50(36-48)74-60-24-12-8-20-52(60)56-38-45(28-32-62(56)74)47-30-34-66-58(40-47)54-22-10-14-26-64(54)76-66/h1-41H. The first-order valence-electron chi connectivity index (χ1n) is 25.6. The fourth-order valence-corrected chi connectivity index (χ4v) is 13.8. The lowest BCUT2D eigenvalue weighted by atomic mass is 10.0. The van der Waals surface area contributed by atoms with Crippen LogP contribution in [-0.4, -0.2) is 24.1 Å². The van der Waals surface area contributed by atoms with E-state index in [1.54, 1.807) is 0 Å². The molecule has 11 aromatic carbocycles. The van der Waals surface area contributed by atoms with Crippen LogP contribution in [0.15, 0.2) is 249 Å². The lowest BCUT2D eigenvalue weighted by molar-refractivity contribution is 1.07. The molecule has 0 radical (unpaired) electrons. The molecule has 5 heterocycles. The molecule has 16 rings (SSSR count). The lowest BCUT2D eigenvalue weighted by Gasteiger charge is -2.16. The third-order valence-electron chi connectivity index (χ3n) is 15.1. The van der Waals surface area contributed by atoms with E-state index >= 15 is 0 Å². The topological polar surface area (TPSA) is 48.5 Å². The molecule has 76 heavy (non-hydrogen) atoms. The molecule has 5 aromatic heterocycles. The summed E-state index contributed by atoms with van der Waals surface area (Å²) in [6, 6.07) is 90.1. The molecule has 0 unspecified atom stereocenters. The molecular weight excluding hydrogens is 963 g/mol. The molecule has 354 valence electrons. The molecule has 0 atom stereocenters. The number of aromatic nitrogens is 5. The van der Waals surface area contributed by atoms with Gasteiger partial charge in [-0.1, -0.05) is 158 Å². The van der Waals surface area contributed by atoms with Crippen molar-refractivity contribution in [1.29, 1.82) is 0 Å². The molecule has 0 spiro atoms. The van der Waals surface area contributed by atoms with E-state index in [0.29, 0.717) is 17.5 Å². The molecule has 0 N–H and O–H groups in total. The van der Waals surface area contributed by atoms with Gasteiger partial charge >= 0.3 is 0 Å². The molecule has 5 nitrogen and oxygen atoms in total. The summed E-state index contributed by atoms with van der Waals surface area (Å²) in [5.74, 6) is 1.83. The zero-order chi connectivity index (χ0) is 49.8. The largest absolute Gasteiger partial charge is 0.309 e. The minimum Gasteiger partial charge on any atom is -0.309 e. The smallest absolute Gasteiger partial charge is 0.164 e. The maximum atomic E-state index is 5.32. The van der Waals surface area contributed by atoms with E-state index in [0.717, 1.165) is 50.1 Å². The second-order valence-electron chi connectivity index (χ2n) is 19.6. The van der Waals surface area contributed by atoms with Gasteiger partial charge in [0.1, 0.15) is 0 Å². The van der Waals surface area contributed by atoms with E-state index in [4.69, 9.17) is 15.0 Å². The monoisotopic (exact) mass is 1000 g/mol. The van der Waals surface area contributed by atoms with Crippen LogP contribution in [-0.2, 0) is 0 Å². The van der Waals surface area contributed by atoms with Gasteiger partial charge < -0.3 is 9.13 Å². The van der Waals surface area contributed by atoms with E-state index < -0.39 is 0 Å². The number of hydrogen-bond donors (Lipinski definition) is 0. The van der Waals surface area contributed by atoms with E-state index in [2.05, 4.69) is 221 Å². The first-order chi connectivity index (χ1) is 37.6. The summed E-state index contributed by atoms with van der Waals surface area (Å²) in [7, 11) is 0. The molecule has 0 aliphatic carbocycles. The first-order valence-corrected chi connectivity index (χ1v) is 27.2. The summed E-state index contributed by atoms with van der Waals surface area (Å²) in [6.07, 6.45) is 0. The van der Waals surface area contributed by atoms with E-state index in [1.807, 2.05) is 59.1 Å². The van der Waals surface area contributed by atoms with Gasteiger partial charge in [0.05, 0.1) is 22.1 Å². The van der Waals surface area contributed by atoms with Gasteiger partial charge in [0, 0.05) is 90.0 Å².